The quantitative estimate of drug-likeness (QED) is 0.777. The lowest BCUT2D eigenvalue weighted by Crippen LogP contribution is -1.86. The summed E-state index contributed by atoms with van der Waals surface area (Å²) in [4.78, 5) is 13.8. The maximum absolute atomic E-state index is 10.6. The number of hydrogen-bond donors (Lipinski definition) is 1. The number of rotatable bonds is 3. The van der Waals surface area contributed by atoms with Gasteiger partial charge in [-0.2, -0.15) is 0 Å². The van der Waals surface area contributed by atoms with Crippen LogP contribution in [0.5, 0.6) is 5.75 Å². The predicted octanol–water partition coefficient (Wildman–Crippen LogP) is 2.23. The van der Waals surface area contributed by atoms with Crippen LogP contribution in [0.1, 0.15) is 11.3 Å². The first-order chi connectivity index (χ1) is 7.27. The van der Waals surface area contributed by atoms with Crippen LogP contribution in [0.15, 0.2) is 18.2 Å². The predicted molar refractivity (Wildman–Crippen MR) is 59.4 cm³/mol. The average Bonchev–Trinajstić information content (AvgIpc) is 2.56. The molecular weight excluding hydrogens is 190 g/mol. The van der Waals surface area contributed by atoms with Gasteiger partial charge in [-0.15, -0.1) is 0 Å². The molecule has 78 valence electrons. The van der Waals surface area contributed by atoms with E-state index in [2.05, 4.69) is 4.98 Å². The maximum Gasteiger partial charge on any atom is 0.142 e. The first kappa shape index (κ1) is 9.77. The fraction of sp³-hybridized carbons (Fsp3) is 0.250. The normalized spacial score (nSPS) is 10.5. The molecule has 3 heteroatoms. The minimum Gasteiger partial charge on any atom is -0.495 e. The molecule has 0 saturated carbocycles. The molecule has 15 heavy (non-hydrogen) atoms. The first-order valence-electron chi connectivity index (χ1n) is 4.85. The molecule has 0 amide bonds. The van der Waals surface area contributed by atoms with Crippen LogP contribution in [0.2, 0.25) is 0 Å². The van der Waals surface area contributed by atoms with Gasteiger partial charge in [-0.1, -0.05) is 12.1 Å². The van der Waals surface area contributed by atoms with E-state index in [4.69, 9.17) is 4.74 Å². The summed E-state index contributed by atoms with van der Waals surface area (Å²) < 4.78 is 5.25. The SMILES string of the molecule is COc1cccc2c(CC=O)c(C)[nH]c12. The highest BCUT2D eigenvalue weighted by molar-refractivity contribution is 5.90. The number of nitrogens with one attached hydrogen (secondary N) is 1. The number of aromatic nitrogens is 1. The number of aryl methyl sites for hydroxylation is 1. The molecule has 2 aromatic rings. The number of benzene rings is 1. The molecule has 1 heterocycles. The van der Waals surface area contributed by atoms with Crippen molar-refractivity contribution in [3.63, 3.8) is 0 Å². The van der Waals surface area contributed by atoms with Crippen molar-refractivity contribution in [1.82, 2.24) is 4.98 Å². The smallest absolute Gasteiger partial charge is 0.142 e. The summed E-state index contributed by atoms with van der Waals surface area (Å²) in [6.45, 7) is 1.97. The summed E-state index contributed by atoms with van der Waals surface area (Å²) in [5.74, 6) is 0.813. The zero-order valence-electron chi connectivity index (χ0n) is 8.83. The Morgan fingerprint density at radius 3 is 2.93 bits per heavy atom. The Morgan fingerprint density at radius 1 is 1.47 bits per heavy atom. The summed E-state index contributed by atoms with van der Waals surface area (Å²) in [7, 11) is 1.64. The zero-order chi connectivity index (χ0) is 10.8. The minimum absolute atomic E-state index is 0.443. The topological polar surface area (TPSA) is 42.1 Å². The molecule has 0 unspecified atom stereocenters. The van der Waals surface area contributed by atoms with Gasteiger partial charge in [-0.05, 0) is 18.6 Å². The van der Waals surface area contributed by atoms with Gasteiger partial charge >= 0.3 is 0 Å². The molecule has 0 saturated heterocycles. The van der Waals surface area contributed by atoms with Crippen molar-refractivity contribution in [2.75, 3.05) is 7.11 Å². The van der Waals surface area contributed by atoms with Gasteiger partial charge in [0.25, 0.3) is 0 Å². The van der Waals surface area contributed by atoms with Gasteiger partial charge in [-0.3, -0.25) is 0 Å². The molecule has 3 nitrogen and oxygen atoms in total. The molecule has 1 N–H and O–H groups in total. The van der Waals surface area contributed by atoms with Crippen LogP contribution in [0, 0.1) is 6.92 Å². The summed E-state index contributed by atoms with van der Waals surface area (Å²) in [5.41, 5.74) is 3.05. The first-order valence-corrected chi connectivity index (χ1v) is 4.85. The van der Waals surface area contributed by atoms with E-state index in [0.29, 0.717) is 6.42 Å². The summed E-state index contributed by atoms with van der Waals surface area (Å²) in [6, 6.07) is 5.84. The van der Waals surface area contributed by atoms with Gasteiger partial charge < -0.3 is 14.5 Å². The van der Waals surface area contributed by atoms with Crippen molar-refractivity contribution in [3.8, 4) is 5.75 Å². The standard InChI is InChI=1S/C12H13NO2/c1-8-9(6-7-14)10-4-3-5-11(15-2)12(10)13-8/h3-5,7,13H,6H2,1-2H3. The number of para-hydroxylation sites is 1. The van der Waals surface area contributed by atoms with Crippen LogP contribution in [0.3, 0.4) is 0 Å². The van der Waals surface area contributed by atoms with Crippen LogP contribution in [0.4, 0.5) is 0 Å². The van der Waals surface area contributed by atoms with Gasteiger partial charge in [0.1, 0.15) is 12.0 Å². The second-order valence-corrected chi connectivity index (χ2v) is 3.48. The van der Waals surface area contributed by atoms with Gasteiger partial charge in [-0.25, -0.2) is 0 Å². The van der Waals surface area contributed by atoms with Crippen molar-refractivity contribution in [2.45, 2.75) is 13.3 Å². The second-order valence-electron chi connectivity index (χ2n) is 3.48. The number of aldehydes is 1. The molecule has 1 aromatic heterocycles. The molecule has 0 aliphatic rings. The Morgan fingerprint density at radius 2 is 2.27 bits per heavy atom. The minimum atomic E-state index is 0.443. The number of hydrogen-bond acceptors (Lipinski definition) is 2. The van der Waals surface area contributed by atoms with E-state index < -0.39 is 0 Å². The molecule has 0 aliphatic heterocycles. The van der Waals surface area contributed by atoms with Crippen LogP contribution in [-0.4, -0.2) is 18.4 Å². The molecular formula is C12H13NO2. The van der Waals surface area contributed by atoms with Gasteiger partial charge in [0.15, 0.2) is 0 Å². The molecule has 0 bridgehead atoms. The number of H-pyrrole nitrogens is 1. The zero-order valence-corrected chi connectivity index (χ0v) is 8.83. The average molecular weight is 203 g/mol. The molecule has 0 fully saturated rings. The van der Waals surface area contributed by atoms with E-state index in [-0.39, 0.29) is 0 Å². The van der Waals surface area contributed by atoms with E-state index in [9.17, 15) is 4.79 Å². The number of methoxy groups -OCH3 is 1. The molecule has 0 aliphatic carbocycles. The lowest BCUT2D eigenvalue weighted by atomic mass is 10.1. The molecule has 0 radical (unpaired) electrons. The Labute approximate surface area is 88.1 Å². The number of carbonyl (C=O) groups is 1. The Balaban J connectivity index is 2.72. The largest absolute Gasteiger partial charge is 0.495 e. The Kier molecular flexibility index (Phi) is 2.46. The van der Waals surface area contributed by atoms with Crippen LogP contribution < -0.4 is 4.74 Å². The van der Waals surface area contributed by atoms with E-state index in [1.54, 1.807) is 7.11 Å². The number of carbonyl (C=O) groups excluding carboxylic acids is 1. The lowest BCUT2D eigenvalue weighted by molar-refractivity contribution is -0.107. The number of aromatic amines is 1. The van der Waals surface area contributed by atoms with Crippen LogP contribution in [0.25, 0.3) is 10.9 Å². The van der Waals surface area contributed by atoms with Crippen molar-refractivity contribution in [3.05, 3.63) is 29.5 Å². The third kappa shape index (κ3) is 1.50. The highest BCUT2D eigenvalue weighted by atomic mass is 16.5. The fourth-order valence-corrected chi connectivity index (χ4v) is 1.89. The van der Waals surface area contributed by atoms with Gasteiger partial charge in [0.05, 0.1) is 12.6 Å². The van der Waals surface area contributed by atoms with E-state index in [1.165, 1.54) is 0 Å². The summed E-state index contributed by atoms with van der Waals surface area (Å²) in [5, 5.41) is 1.07. The van der Waals surface area contributed by atoms with Crippen molar-refractivity contribution in [2.24, 2.45) is 0 Å². The van der Waals surface area contributed by atoms with Gasteiger partial charge in [0.2, 0.25) is 0 Å². The van der Waals surface area contributed by atoms with Crippen molar-refractivity contribution in [1.29, 1.82) is 0 Å². The Hall–Kier alpha value is -1.77. The van der Waals surface area contributed by atoms with E-state index in [0.717, 1.165) is 34.2 Å². The summed E-state index contributed by atoms with van der Waals surface area (Å²) >= 11 is 0. The maximum atomic E-state index is 10.6. The second kappa shape index (κ2) is 3.77. The summed E-state index contributed by atoms with van der Waals surface area (Å²) in [6.07, 6.45) is 1.37. The van der Waals surface area contributed by atoms with Crippen LogP contribution >= 0.6 is 0 Å². The molecule has 1 aromatic carbocycles. The van der Waals surface area contributed by atoms with Crippen molar-refractivity contribution < 1.29 is 9.53 Å². The Bertz CT molecular complexity index is 500. The van der Waals surface area contributed by atoms with Crippen molar-refractivity contribution >= 4 is 17.2 Å². The lowest BCUT2D eigenvalue weighted by Gasteiger charge is -2.00. The monoisotopic (exact) mass is 203 g/mol. The van der Waals surface area contributed by atoms with E-state index >= 15 is 0 Å². The third-order valence-corrected chi connectivity index (χ3v) is 2.62. The highest BCUT2D eigenvalue weighted by Crippen LogP contribution is 2.29. The molecule has 2 rings (SSSR count). The molecule has 0 spiro atoms. The van der Waals surface area contributed by atoms with Gasteiger partial charge in [0, 0.05) is 17.5 Å². The number of fused-ring (bicyclic) bond motifs is 1. The number of ether oxygens (including phenoxy) is 1. The van der Waals surface area contributed by atoms with E-state index in [1.807, 2.05) is 25.1 Å². The fourth-order valence-electron chi connectivity index (χ4n) is 1.89. The third-order valence-electron chi connectivity index (χ3n) is 2.62. The molecule has 0 atom stereocenters. The van der Waals surface area contributed by atoms with Crippen LogP contribution in [-0.2, 0) is 11.2 Å². The highest BCUT2D eigenvalue weighted by Gasteiger charge is 2.10.